The minimum atomic E-state index is -0.385. The fourth-order valence-electron chi connectivity index (χ4n) is 2.37. The normalized spacial score (nSPS) is 20.7. The minimum absolute atomic E-state index is 0.0170. The van der Waals surface area contributed by atoms with Crippen LogP contribution in [0.5, 0.6) is 0 Å². The number of likely N-dealkylation sites (tertiary alicyclic amines) is 1. The number of rotatable bonds is 6. The van der Waals surface area contributed by atoms with E-state index in [9.17, 15) is 4.79 Å². The smallest absolute Gasteiger partial charge is 0.237 e. The minimum Gasteiger partial charge on any atom is -0.353 e. The number of hydrogen-bond acceptors (Lipinski definition) is 3. The average Bonchev–Trinajstić information content (AvgIpc) is 2.88. The fraction of sp³-hybridized carbons (Fsp3) is 0.929. The zero-order valence-electron chi connectivity index (χ0n) is 12.3. The molecule has 1 aliphatic heterocycles. The zero-order chi connectivity index (χ0) is 13.8. The van der Waals surface area contributed by atoms with Crippen molar-refractivity contribution in [1.82, 2.24) is 10.2 Å². The number of nitrogens with one attached hydrogen (secondary N) is 1. The van der Waals surface area contributed by atoms with Crippen LogP contribution in [0.1, 0.15) is 47.0 Å². The molecule has 3 N–H and O–H groups in total. The largest absolute Gasteiger partial charge is 0.353 e. The van der Waals surface area contributed by atoms with Crippen LogP contribution < -0.4 is 11.1 Å². The van der Waals surface area contributed by atoms with Gasteiger partial charge in [-0.1, -0.05) is 20.3 Å². The van der Waals surface area contributed by atoms with Crippen molar-refractivity contribution >= 4 is 5.91 Å². The van der Waals surface area contributed by atoms with Gasteiger partial charge < -0.3 is 11.1 Å². The summed E-state index contributed by atoms with van der Waals surface area (Å²) in [6, 6.07) is -0.385. The zero-order valence-corrected chi connectivity index (χ0v) is 12.3. The molecule has 1 amide bonds. The van der Waals surface area contributed by atoms with Crippen LogP contribution >= 0.6 is 0 Å². The standard InChI is InChI=1S/C14H29N3O/c1-5-11(2)12(15)13(18)16-10-14(3,4)17-8-6-7-9-17/h11-12H,5-10,15H2,1-4H3,(H,16,18)/t11?,12-/m0/s1. The highest BCUT2D eigenvalue weighted by molar-refractivity contribution is 5.81. The van der Waals surface area contributed by atoms with Crippen molar-refractivity contribution in [3.05, 3.63) is 0 Å². The van der Waals surface area contributed by atoms with E-state index < -0.39 is 0 Å². The number of hydrogen-bond donors (Lipinski definition) is 2. The summed E-state index contributed by atoms with van der Waals surface area (Å²) < 4.78 is 0. The van der Waals surface area contributed by atoms with Crippen molar-refractivity contribution in [2.75, 3.05) is 19.6 Å². The second-order valence-electron chi connectivity index (χ2n) is 6.14. The first-order chi connectivity index (χ1) is 8.38. The van der Waals surface area contributed by atoms with E-state index >= 15 is 0 Å². The summed E-state index contributed by atoms with van der Waals surface area (Å²) in [6.45, 7) is 11.4. The molecule has 0 radical (unpaired) electrons. The Balaban J connectivity index is 2.41. The van der Waals surface area contributed by atoms with Gasteiger partial charge in [-0.3, -0.25) is 9.69 Å². The average molecular weight is 255 g/mol. The van der Waals surface area contributed by atoms with Gasteiger partial charge in [0, 0.05) is 12.1 Å². The van der Waals surface area contributed by atoms with Gasteiger partial charge in [-0.05, 0) is 45.7 Å². The second kappa shape index (κ2) is 6.53. The predicted molar refractivity (Wildman–Crippen MR) is 75.3 cm³/mol. The Bertz CT molecular complexity index is 272. The van der Waals surface area contributed by atoms with E-state index in [-0.39, 0.29) is 23.4 Å². The first-order valence-corrected chi connectivity index (χ1v) is 7.17. The number of amides is 1. The Hall–Kier alpha value is -0.610. The highest BCUT2D eigenvalue weighted by Crippen LogP contribution is 2.20. The molecule has 1 aliphatic rings. The van der Waals surface area contributed by atoms with Crippen LogP contribution in [0.25, 0.3) is 0 Å². The van der Waals surface area contributed by atoms with Crippen LogP contribution in [-0.4, -0.2) is 42.0 Å². The summed E-state index contributed by atoms with van der Waals surface area (Å²) in [5, 5.41) is 3.01. The third-order valence-corrected chi connectivity index (χ3v) is 4.22. The lowest BCUT2D eigenvalue weighted by atomic mass is 9.98. The Morgan fingerprint density at radius 3 is 2.44 bits per heavy atom. The van der Waals surface area contributed by atoms with E-state index in [1.165, 1.54) is 12.8 Å². The molecular formula is C14H29N3O. The van der Waals surface area contributed by atoms with E-state index in [4.69, 9.17) is 5.73 Å². The van der Waals surface area contributed by atoms with Crippen molar-refractivity contribution in [2.24, 2.45) is 11.7 Å². The van der Waals surface area contributed by atoms with Crippen molar-refractivity contribution < 1.29 is 4.79 Å². The topological polar surface area (TPSA) is 58.4 Å². The lowest BCUT2D eigenvalue weighted by molar-refractivity contribution is -0.124. The van der Waals surface area contributed by atoms with Gasteiger partial charge in [0.25, 0.3) is 0 Å². The lowest BCUT2D eigenvalue weighted by Crippen LogP contribution is -2.54. The van der Waals surface area contributed by atoms with E-state index in [0.717, 1.165) is 19.5 Å². The summed E-state index contributed by atoms with van der Waals surface area (Å²) >= 11 is 0. The molecule has 1 fully saturated rings. The van der Waals surface area contributed by atoms with Gasteiger partial charge in [-0.15, -0.1) is 0 Å². The van der Waals surface area contributed by atoms with Crippen LogP contribution in [0.3, 0.4) is 0 Å². The van der Waals surface area contributed by atoms with Crippen molar-refractivity contribution in [2.45, 2.75) is 58.5 Å². The van der Waals surface area contributed by atoms with Gasteiger partial charge in [-0.2, -0.15) is 0 Å². The SMILES string of the molecule is CCC(C)[C@H](N)C(=O)NCC(C)(C)N1CCCC1. The number of nitrogens with zero attached hydrogens (tertiary/aromatic N) is 1. The maximum Gasteiger partial charge on any atom is 0.237 e. The first-order valence-electron chi connectivity index (χ1n) is 7.17. The molecule has 18 heavy (non-hydrogen) atoms. The molecule has 0 spiro atoms. The summed E-state index contributed by atoms with van der Waals surface area (Å²) in [7, 11) is 0. The maximum absolute atomic E-state index is 12.0. The Morgan fingerprint density at radius 2 is 1.94 bits per heavy atom. The second-order valence-corrected chi connectivity index (χ2v) is 6.14. The Kier molecular flexibility index (Phi) is 5.60. The number of carbonyl (C=O) groups excluding carboxylic acids is 1. The van der Waals surface area contributed by atoms with Gasteiger partial charge in [0.05, 0.1) is 6.04 Å². The molecular weight excluding hydrogens is 226 g/mol. The van der Waals surface area contributed by atoms with Crippen molar-refractivity contribution in [3.8, 4) is 0 Å². The maximum atomic E-state index is 12.0. The highest BCUT2D eigenvalue weighted by Gasteiger charge is 2.30. The fourth-order valence-corrected chi connectivity index (χ4v) is 2.37. The Morgan fingerprint density at radius 1 is 1.39 bits per heavy atom. The molecule has 2 atom stereocenters. The highest BCUT2D eigenvalue weighted by atomic mass is 16.2. The molecule has 106 valence electrons. The summed E-state index contributed by atoms with van der Waals surface area (Å²) in [5.74, 6) is 0.219. The van der Waals surface area contributed by atoms with Gasteiger partial charge in [-0.25, -0.2) is 0 Å². The third kappa shape index (κ3) is 3.95. The Labute approximate surface area is 111 Å². The van der Waals surface area contributed by atoms with Crippen LogP contribution in [-0.2, 0) is 4.79 Å². The number of carbonyl (C=O) groups is 1. The summed E-state index contributed by atoms with van der Waals surface area (Å²) in [4.78, 5) is 14.4. The van der Waals surface area contributed by atoms with Gasteiger partial charge in [0.1, 0.15) is 0 Å². The molecule has 1 saturated heterocycles. The molecule has 1 rings (SSSR count). The van der Waals surface area contributed by atoms with Crippen LogP contribution in [0.15, 0.2) is 0 Å². The van der Waals surface area contributed by atoms with Crippen LogP contribution in [0, 0.1) is 5.92 Å². The van der Waals surface area contributed by atoms with E-state index in [1.807, 2.05) is 6.92 Å². The van der Waals surface area contributed by atoms with E-state index in [1.54, 1.807) is 0 Å². The molecule has 0 saturated carbocycles. The van der Waals surface area contributed by atoms with Crippen molar-refractivity contribution in [3.63, 3.8) is 0 Å². The monoisotopic (exact) mass is 255 g/mol. The molecule has 0 bridgehead atoms. The quantitative estimate of drug-likeness (QED) is 0.753. The molecule has 0 aromatic rings. The van der Waals surface area contributed by atoms with Gasteiger partial charge >= 0.3 is 0 Å². The van der Waals surface area contributed by atoms with Crippen LogP contribution in [0.2, 0.25) is 0 Å². The summed E-state index contributed by atoms with van der Waals surface area (Å²) in [6.07, 6.45) is 3.47. The molecule has 0 aliphatic carbocycles. The van der Waals surface area contributed by atoms with E-state index in [2.05, 4.69) is 31.0 Å². The third-order valence-electron chi connectivity index (χ3n) is 4.22. The molecule has 0 aromatic heterocycles. The number of nitrogens with two attached hydrogens (primary N) is 1. The van der Waals surface area contributed by atoms with E-state index in [0.29, 0.717) is 6.54 Å². The molecule has 4 heteroatoms. The first kappa shape index (κ1) is 15.4. The molecule has 0 aromatic carbocycles. The predicted octanol–water partition coefficient (Wildman–Crippen LogP) is 1.35. The molecule has 1 heterocycles. The molecule has 1 unspecified atom stereocenters. The lowest BCUT2D eigenvalue weighted by Gasteiger charge is -2.36. The summed E-state index contributed by atoms with van der Waals surface area (Å²) in [5.41, 5.74) is 5.96. The molecule has 4 nitrogen and oxygen atoms in total. The van der Waals surface area contributed by atoms with Crippen molar-refractivity contribution in [1.29, 1.82) is 0 Å². The van der Waals surface area contributed by atoms with Gasteiger partial charge in [0.15, 0.2) is 0 Å². The van der Waals surface area contributed by atoms with Gasteiger partial charge in [0.2, 0.25) is 5.91 Å². The van der Waals surface area contributed by atoms with Crippen LogP contribution in [0.4, 0.5) is 0 Å².